The number of benzene rings is 9. The van der Waals surface area contributed by atoms with Crippen LogP contribution in [0.25, 0.3) is 33.4 Å². The third-order valence-corrected chi connectivity index (χ3v) is 11.4. The highest BCUT2D eigenvalue weighted by atomic mass is 19.1. The van der Waals surface area contributed by atoms with Crippen LogP contribution in [0.2, 0.25) is 0 Å². The van der Waals surface area contributed by atoms with Crippen LogP contribution in [-0.2, 0) is 12.8 Å². The molecule has 0 saturated carbocycles. The maximum absolute atomic E-state index is 14.4. The second-order valence-electron chi connectivity index (χ2n) is 16.6. The van der Waals surface area contributed by atoms with E-state index >= 15 is 0 Å². The smallest absolute Gasteiger partial charge is 0.132 e. The van der Waals surface area contributed by atoms with Gasteiger partial charge in [0.1, 0.15) is 17.5 Å². The van der Waals surface area contributed by atoms with Crippen molar-refractivity contribution < 1.29 is 13.2 Å². The Labute approximate surface area is 412 Å². The van der Waals surface area contributed by atoms with Crippen molar-refractivity contribution in [2.24, 2.45) is 0 Å². The molecule has 0 fully saturated rings. The lowest BCUT2D eigenvalue weighted by molar-refractivity contribution is 0.630. The van der Waals surface area contributed by atoms with Crippen LogP contribution in [0.15, 0.2) is 218 Å². The minimum atomic E-state index is -0.248. The zero-order valence-corrected chi connectivity index (χ0v) is 39.7. The minimum Gasteiger partial charge on any atom is -0.206 e. The van der Waals surface area contributed by atoms with Gasteiger partial charge in [0, 0.05) is 50.1 Å². The second kappa shape index (κ2) is 25.5. The van der Waals surface area contributed by atoms with E-state index in [4.69, 9.17) is 0 Å². The van der Waals surface area contributed by atoms with Crippen molar-refractivity contribution in [2.45, 2.75) is 46.5 Å². The van der Waals surface area contributed by atoms with Crippen molar-refractivity contribution in [3.8, 4) is 68.9 Å². The quantitative estimate of drug-likeness (QED) is 0.140. The van der Waals surface area contributed by atoms with Crippen molar-refractivity contribution in [3.05, 3.63) is 286 Å². The van der Waals surface area contributed by atoms with Gasteiger partial charge in [0.05, 0.1) is 0 Å². The summed E-state index contributed by atoms with van der Waals surface area (Å²) in [6.45, 7) is 6.36. The summed E-state index contributed by atoms with van der Waals surface area (Å²) >= 11 is 0. The van der Waals surface area contributed by atoms with E-state index in [1.807, 2.05) is 165 Å². The van der Waals surface area contributed by atoms with Gasteiger partial charge in [0.15, 0.2) is 0 Å². The van der Waals surface area contributed by atoms with E-state index in [0.29, 0.717) is 33.4 Å². The van der Waals surface area contributed by atoms with E-state index in [9.17, 15) is 13.2 Å². The highest BCUT2D eigenvalue weighted by Crippen LogP contribution is 2.26. The molecule has 0 amide bonds. The molecule has 0 aliphatic carbocycles. The minimum absolute atomic E-state index is 0.243. The summed E-state index contributed by atoms with van der Waals surface area (Å²) in [5.41, 5.74) is 13.1. The Bertz CT molecular complexity index is 3280. The highest BCUT2D eigenvalue weighted by Gasteiger charge is 2.07. The monoisotopic (exact) mass is 914 g/mol. The number of aryl methyl sites for hydroxylation is 3. The zero-order chi connectivity index (χ0) is 48.9. The van der Waals surface area contributed by atoms with E-state index in [2.05, 4.69) is 73.6 Å². The summed E-state index contributed by atoms with van der Waals surface area (Å²) in [5, 5.41) is 0. The Kier molecular flexibility index (Phi) is 18.0. The molecule has 0 unspecified atom stereocenters. The van der Waals surface area contributed by atoms with E-state index in [1.165, 1.54) is 47.7 Å². The normalized spacial score (nSPS) is 10.0. The van der Waals surface area contributed by atoms with Gasteiger partial charge in [-0.3, -0.25) is 0 Å². The number of unbranched alkanes of at least 4 members (excludes halogenated alkanes) is 1. The van der Waals surface area contributed by atoms with Gasteiger partial charge >= 0.3 is 0 Å². The first-order valence-corrected chi connectivity index (χ1v) is 23.6. The number of hydrogen-bond donors (Lipinski definition) is 0. The first kappa shape index (κ1) is 49.4. The number of hydrogen-bond acceptors (Lipinski definition) is 0. The van der Waals surface area contributed by atoms with Crippen molar-refractivity contribution >= 4 is 0 Å². The van der Waals surface area contributed by atoms with Gasteiger partial charge in [-0.05, 0) is 127 Å². The van der Waals surface area contributed by atoms with Crippen LogP contribution in [-0.4, -0.2) is 0 Å². The molecule has 0 atom stereocenters. The second-order valence-corrected chi connectivity index (χ2v) is 16.6. The van der Waals surface area contributed by atoms with E-state index in [1.54, 1.807) is 18.2 Å². The Morgan fingerprint density at radius 1 is 0.329 bits per heavy atom. The van der Waals surface area contributed by atoms with Crippen LogP contribution < -0.4 is 0 Å². The molecule has 0 saturated heterocycles. The molecule has 0 aliphatic rings. The largest absolute Gasteiger partial charge is 0.206 e. The molecular weight excluding hydrogens is 862 g/mol. The van der Waals surface area contributed by atoms with Crippen molar-refractivity contribution in [1.29, 1.82) is 0 Å². The predicted octanol–water partition coefficient (Wildman–Crippen LogP) is 16.9. The van der Waals surface area contributed by atoms with Gasteiger partial charge in [0.2, 0.25) is 0 Å². The SMILES string of the molecule is CCCCc1ccc(C#Cc2ccc(-c3ccccc3)c(F)c2)cc1.CCc1ccc(C#Cc2ccc(-c3ccccc3)c(F)c2)cc1.Cc1ccc(C#Cc2ccc(-c3ccccc3)c(F)c2)cc1. The molecule has 3 heteroatoms. The highest BCUT2D eigenvalue weighted by molar-refractivity contribution is 5.67. The Morgan fingerprint density at radius 3 is 0.943 bits per heavy atom. The van der Waals surface area contributed by atoms with Crippen molar-refractivity contribution in [2.75, 3.05) is 0 Å². The predicted molar refractivity (Wildman–Crippen MR) is 286 cm³/mol. The molecule has 0 bridgehead atoms. The van der Waals surface area contributed by atoms with Crippen LogP contribution in [0.4, 0.5) is 13.2 Å². The molecule has 0 heterocycles. The first-order chi connectivity index (χ1) is 34.2. The average Bonchev–Trinajstić information content (AvgIpc) is 3.40. The van der Waals surface area contributed by atoms with Crippen molar-refractivity contribution in [1.82, 2.24) is 0 Å². The van der Waals surface area contributed by atoms with E-state index in [-0.39, 0.29) is 17.5 Å². The van der Waals surface area contributed by atoms with Gasteiger partial charge in [-0.25, -0.2) is 13.2 Å². The lowest BCUT2D eigenvalue weighted by Gasteiger charge is -2.03. The molecule has 9 aromatic rings. The third kappa shape index (κ3) is 14.7. The maximum Gasteiger partial charge on any atom is 0.132 e. The maximum atomic E-state index is 14.4. The molecule has 0 aliphatic heterocycles. The molecular formula is C67H53F3. The molecule has 9 aromatic carbocycles. The van der Waals surface area contributed by atoms with E-state index < -0.39 is 0 Å². The molecule has 0 aromatic heterocycles. The molecule has 0 spiro atoms. The van der Waals surface area contributed by atoms with E-state index in [0.717, 1.165) is 46.2 Å². The first-order valence-electron chi connectivity index (χ1n) is 23.6. The number of rotatable bonds is 7. The molecule has 70 heavy (non-hydrogen) atoms. The molecule has 0 radical (unpaired) electrons. The summed E-state index contributed by atoms with van der Waals surface area (Å²) < 4.78 is 42.9. The molecule has 0 N–H and O–H groups in total. The summed E-state index contributed by atoms with van der Waals surface area (Å²) in [5.74, 6) is 17.6. The lowest BCUT2D eigenvalue weighted by Crippen LogP contribution is -1.86. The van der Waals surface area contributed by atoms with Gasteiger partial charge < -0.3 is 0 Å². The average molecular weight is 915 g/mol. The van der Waals surface area contributed by atoms with Gasteiger partial charge in [0.25, 0.3) is 0 Å². The Morgan fingerprint density at radius 2 is 0.629 bits per heavy atom. The summed E-state index contributed by atoms with van der Waals surface area (Å²) in [7, 11) is 0. The fraction of sp³-hybridized carbons (Fsp3) is 0.104. The molecule has 0 nitrogen and oxygen atoms in total. The molecule has 9 rings (SSSR count). The fourth-order valence-corrected chi connectivity index (χ4v) is 7.36. The van der Waals surface area contributed by atoms with Crippen LogP contribution in [0.5, 0.6) is 0 Å². The summed E-state index contributed by atoms with van der Waals surface area (Å²) in [4.78, 5) is 0. The van der Waals surface area contributed by atoms with Gasteiger partial charge in [-0.1, -0.05) is 207 Å². The van der Waals surface area contributed by atoms with Gasteiger partial charge in [-0.15, -0.1) is 0 Å². The van der Waals surface area contributed by atoms with Crippen LogP contribution in [0.1, 0.15) is 76.8 Å². The summed E-state index contributed by atoms with van der Waals surface area (Å²) in [6.07, 6.45) is 4.53. The zero-order valence-electron chi connectivity index (χ0n) is 39.7. The lowest BCUT2D eigenvalue weighted by atomic mass is 10.0. The van der Waals surface area contributed by atoms with Crippen LogP contribution in [0.3, 0.4) is 0 Å². The van der Waals surface area contributed by atoms with Crippen LogP contribution >= 0.6 is 0 Å². The topological polar surface area (TPSA) is 0 Å². The third-order valence-electron chi connectivity index (χ3n) is 11.4. The Balaban J connectivity index is 0.000000155. The number of halogens is 3. The van der Waals surface area contributed by atoms with Crippen LogP contribution in [0, 0.1) is 59.9 Å². The van der Waals surface area contributed by atoms with Gasteiger partial charge in [-0.2, -0.15) is 0 Å². The molecule has 342 valence electrons. The standard InChI is InChI=1S/C24H21F.C22H17F.C21H15F/c1-2-3-7-19-10-12-20(13-11-19)14-15-21-16-17-23(24(25)18-21)22-8-5-4-6-9-22;1-2-17-8-10-18(11-9-17)12-13-19-14-15-21(22(23)16-19)20-6-4-3-5-7-20;1-16-7-9-17(10-8-16)11-12-18-13-14-20(21(22)15-18)19-5-3-2-4-6-19/h4-6,8-13,16-18H,2-3,7H2,1H3;3-11,14-16H,2H2,1H3;2-10,13-15H,1H3. The Hall–Kier alpha value is -8.55. The summed E-state index contributed by atoms with van der Waals surface area (Å²) in [6, 6.07) is 68.5. The van der Waals surface area contributed by atoms with Crippen molar-refractivity contribution in [3.63, 3.8) is 0 Å². The fourth-order valence-electron chi connectivity index (χ4n) is 7.36.